The summed E-state index contributed by atoms with van der Waals surface area (Å²) in [6, 6.07) is 0.143. The zero-order valence-electron chi connectivity index (χ0n) is 10.8. The van der Waals surface area contributed by atoms with Gasteiger partial charge < -0.3 is 10.2 Å². The summed E-state index contributed by atoms with van der Waals surface area (Å²) in [7, 11) is 1.83. The summed E-state index contributed by atoms with van der Waals surface area (Å²) in [5, 5.41) is 3.09. The molecular weight excluding hydrogens is 230 g/mol. The first-order chi connectivity index (χ1) is 8.72. The summed E-state index contributed by atoms with van der Waals surface area (Å²) in [5.74, 6) is 0.782. The largest absolute Gasteiger partial charge is 0.331 e. The summed E-state index contributed by atoms with van der Waals surface area (Å²) < 4.78 is 0. The first-order valence-corrected chi connectivity index (χ1v) is 6.31. The minimum atomic E-state index is -0.0863. The fourth-order valence-corrected chi connectivity index (χ4v) is 2.31. The summed E-state index contributed by atoms with van der Waals surface area (Å²) in [6.07, 6.45) is 5.91. The maximum Gasteiger partial charge on any atom is 0.240 e. The first-order valence-electron chi connectivity index (χ1n) is 6.31. The van der Waals surface area contributed by atoms with Crippen LogP contribution in [-0.2, 0) is 11.3 Å². The van der Waals surface area contributed by atoms with Gasteiger partial charge in [-0.2, -0.15) is 0 Å². The molecule has 1 saturated heterocycles. The van der Waals surface area contributed by atoms with Crippen LogP contribution in [0.5, 0.6) is 0 Å². The molecule has 1 aromatic heterocycles. The standard InChI is InChI=1S/C12H19N5O/c1-9-4-3-5-10(13-2)12(18)17(9)6-11-15-7-14-8-16-11/h7-10,13H,3-6H2,1-2H3. The number of hydrogen-bond donors (Lipinski definition) is 1. The van der Waals surface area contributed by atoms with E-state index >= 15 is 0 Å². The van der Waals surface area contributed by atoms with Crippen molar-refractivity contribution in [2.24, 2.45) is 0 Å². The van der Waals surface area contributed by atoms with Crippen molar-refractivity contribution in [3.8, 4) is 0 Å². The topological polar surface area (TPSA) is 71.0 Å². The van der Waals surface area contributed by atoms with Gasteiger partial charge in [0, 0.05) is 6.04 Å². The Morgan fingerprint density at radius 1 is 1.39 bits per heavy atom. The lowest BCUT2D eigenvalue weighted by molar-refractivity contribution is -0.135. The lowest BCUT2D eigenvalue weighted by Crippen LogP contribution is -2.46. The summed E-state index contributed by atoms with van der Waals surface area (Å²) in [5.41, 5.74) is 0. The Kier molecular flexibility index (Phi) is 4.19. The van der Waals surface area contributed by atoms with E-state index in [0.29, 0.717) is 12.4 Å². The highest BCUT2D eigenvalue weighted by atomic mass is 16.2. The number of aromatic nitrogens is 3. The predicted octanol–water partition coefficient (Wildman–Crippen LogP) is 0.361. The highest BCUT2D eigenvalue weighted by Crippen LogP contribution is 2.19. The average Bonchev–Trinajstić information content (AvgIpc) is 2.53. The Bertz CT molecular complexity index is 397. The van der Waals surface area contributed by atoms with Gasteiger partial charge in [0.15, 0.2) is 5.82 Å². The monoisotopic (exact) mass is 249 g/mol. The zero-order chi connectivity index (χ0) is 13.0. The van der Waals surface area contributed by atoms with Crippen LogP contribution in [0.1, 0.15) is 32.0 Å². The molecular formula is C12H19N5O. The second-order valence-corrected chi connectivity index (χ2v) is 4.64. The second-order valence-electron chi connectivity index (χ2n) is 4.64. The van der Waals surface area contributed by atoms with Crippen molar-refractivity contribution in [3.63, 3.8) is 0 Å². The third-order valence-corrected chi connectivity index (χ3v) is 3.44. The molecule has 1 aliphatic rings. The van der Waals surface area contributed by atoms with Crippen molar-refractivity contribution in [2.75, 3.05) is 7.05 Å². The predicted molar refractivity (Wildman–Crippen MR) is 66.5 cm³/mol. The molecule has 0 radical (unpaired) electrons. The van der Waals surface area contributed by atoms with Crippen LogP contribution in [-0.4, -0.2) is 44.9 Å². The van der Waals surface area contributed by atoms with Gasteiger partial charge in [0.1, 0.15) is 12.7 Å². The normalized spacial score (nSPS) is 25.0. The fourth-order valence-electron chi connectivity index (χ4n) is 2.31. The summed E-state index contributed by atoms with van der Waals surface area (Å²) in [4.78, 5) is 26.2. The number of carbonyl (C=O) groups excluding carboxylic acids is 1. The third kappa shape index (κ3) is 2.81. The van der Waals surface area contributed by atoms with E-state index < -0.39 is 0 Å². The van der Waals surface area contributed by atoms with Crippen molar-refractivity contribution in [1.29, 1.82) is 0 Å². The maximum atomic E-state index is 12.4. The molecule has 2 rings (SSSR count). The number of amides is 1. The molecule has 98 valence electrons. The number of hydrogen-bond acceptors (Lipinski definition) is 5. The number of rotatable bonds is 3. The van der Waals surface area contributed by atoms with Gasteiger partial charge in [-0.3, -0.25) is 4.79 Å². The number of nitrogens with one attached hydrogen (secondary N) is 1. The van der Waals surface area contributed by atoms with Gasteiger partial charge in [0.25, 0.3) is 0 Å². The van der Waals surface area contributed by atoms with E-state index in [1.54, 1.807) is 0 Å². The molecule has 0 bridgehead atoms. The van der Waals surface area contributed by atoms with Gasteiger partial charge >= 0.3 is 0 Å². The van der Waals surface area contributed by atoms with E-state index in [4.69, 9.17) is 0 Å². The van der Waals surface area contributed by atoms with Crippen LogP contribution in [0.3, 0.4) is 0 Å². The Morgan fingerprint density at radius 3 is 2.78 bits per heavy atom. The van der Waals surface area contributed by atoms with Crippen molar-refractivity contribution in [2.45, 2.75) is 44.8 Å². The summed E-state index contributed by atoms with van der Waals surface area (Å²) in [6.45, 7) is 2.54. The van der Waals surface area contributed by atoms with Gasteiger partial charge in [-0.15, -0.1) is 0 Å². The molecule has 2 unspecified atom stereocenters. The highest BCUT2D eigenvalue weighted by molar-refractivity contribution is 5.82. The van der Waals surface area contributed by atoms with Gasteiger partial charge in [-0.1, -0.05) is 0 Å². The van der Waals surface area contributed by atoms with Gasteiger partial charge in [0.05, 0.1) is 12.6 Å². The minimum Gasteiger partial charge on any atom is -0.331 e. The fraction of sp³-hybridized carbons (Fsp3) is 0.667. The van der Waals surface area contributed by atoms with Crippen molar-refractivity contribution < 1.29 is 4.79 Å². The van der Waals surface area contributed by atoms with Crippen LogP contribution in [0.25, 0.3) is 0 Å². The molecule has 18 heavy (non-hydrogen) atoms. The molecule has 1 fully saturated rings. The third-order valence-electron chi connectivity index (χ3n) is 3.44. The van der Waals surface area contributed by atoms with Crippen molar-refractivity contribution in [3.05, 3.63) is 18.5 Å². The number of carbonyl (C=O) groups is 1. The first kappa shape index (κ1) is 12.9. The molecule has 2 heterocycles. The number of likely N-dealkylation sites (tertiary alicyclic amines) is 1. The van der Waals surface area contributed by atoms with E-state index in [1.807, 2.05) is 11.9 Å². The van der Waals surface area contributed by atoms with Crippen LogP contribution in [0.2, 0.25) is 0 Å². The average molecular weight is 249 g/mol. The molecule has 6 heteroatoms. The van der Waals surface area contributed by atoms with Crippen LogP contribution in [0.4, 0.5) is 0 Å². The van der Waals surface area contributed by atoms with E-state index in [1.165, 1.54) is 12.7 Å². The molecule has 1 N–H and O–H groups in total. The molecule has 0 saturated carbocycles. The van der Waals surface area contributed by atoms with Crippen LogP contribution in [0, 0.1) is 0 Å². The minimum absolute atomic E-state index is 0.0863. The summed E-state index contributed by atoms with van der Waals surface area (Å²) >= 11 is 0. The molecule has 6 nitrogen and oxygen atoms in total. The smallest absolute Gasteiger partial charge is 0.240 e. The Balaban J connectivity index is 2.14. The zero-order valence-corrected chi connectivity index (χ0v) is 10.8. The second kappa shape index (κ2) is 5.86. The molecule has 1 aromatic rings. The lowest BCUT2D eigenvalue weighted by Gasteiger charge is -2.28. The highest BCUT2D eigenvalue weighted by Gasteiger charge is 2.30. The van der Waals surface area contributed by atoms with Gasteiger partial charge in [0.2, 0.25) is 5.91 Å². The van der Waals surface area contributed by atoms with Crippen LogP contribution in [0.15, 0.2) is 12.7 Å². The molecule has 1 aliphatic heterocycles. The number of nitrogens with zero attached hydrogens (tertiary/aromatic N) is 4. The Hall–Kier alpha value is -1.56. The quantitative estimate of drug-likeness (QED) is 0.837. The van der Waals surface area contributed by atoms with Crippen molar-refractivity contribution in [1.82, 2.24) is 25.2 Å². The molecule has 2 atom stereocenters. The molecule has 0 spiro atoms. The molecule has 0 aliphatic carbocycles. The van der Waals surface area contributed by atoms with Gasteiger partial charge in [-0.05, 0) is 33.2 Å². The maximum absolute atomic E-state index is 12.4. The SMILES string of the molecule is CNC1CCCC(C)N(Cc2ncncn2)C1=O. The van der Waals surface area contributed by atoms with E-state index in [2.05, 4.69) is 27.2 Å². The van der Waals surface area contributed by atoms with Crippen LogP contribution >= 0.6 is 0 Å². The molecule has 1 amide bonds. The van der Waals surface area contributed by atoms with Crippen LogP contribution < -0.4 is 5.32 Å². The Labute approximate surface area is 107 Å². The lowest BCUT2D eigenvalue weighted by atomic mass is 10.1. The van der Waals surface area contributed by atoms with E-state index in [0.717, 1.165) is 19.3 Å². The van der Waals surface area contributed by atoms with Gasteiger partial charge in [-0.25, -0.2) is 15.0 Å². The van der Waals surface area contributed by atoms with E-state index in [-0.39, 0.29) is 18.0 Å². The number of likely N-dealkylation sites (N-methyl/N-ethyl adjacent to an activating group) is 1. The van der Waals surface area contributed by atoms with Crippen molar-refractivity contribution >= 4 is 5.91 Å². The molecule has 0 aromatic carbocycles. The Morgan fingerprint density at radius 2 is 2.11 bits per heavy atom. The van der Waals surface area contributed by atoms with E-state index in [9.17, 15) is 4.79 Å².